The monoisotopic (exact) mass is 358 g/mol. The molecule has 0 aliphatic heterocycles. The molecule has 0 spiro atoms. The number of hydrogen-bond donors (Lipinski definition) is 2. The van der Waals surface area contributed by atoms with Crippen molar-refractivity contribution in [2.45, 2.75) is 9.79 Å². The summed E-state index contributed by atoms with van der Waals surface area (Å²) in [6.45, 7) is 0. The summed E-state index contributed by atoms with van der Waals surface area (Å²) in [7, 11) is 0. The lowest BCUT2D eigenvalue weighted by Crippen LogP contribution is -2.13. The van der Waals surface area contributed by atoms with Crippen molar-refractivity contribution < 1.29 is 14.0 Å². The third-order valence-electron chi connectivity index (χ3n) is 2.45. The Hall–Kier alpha value is -1.60. The Kier molecular flexibility index (Phi) is 4.61. The lowest BCUT2D eigenvalue weighted by atomic mass is 10.2. The highest BCUT2D eigenvalue weighted by Gasteiger charge is 2.09. The van der Waals surface area contributed by atoms with E-state index in [1.165, 1.54) is 0 Å². The summed E-state index contributed by atoms with van der Waals surface area (Å²) in [5.41, 5.74) is 6.01. The van der Waals surface area contributed by atoms with Crippen LogP contribution in [-0.4, -0.2) is 11.0 Å². The number of oxime groups is 1. The molecule has 0 saturated heterocycles. The Morgan fingerprint density at radius 1 is 1.20 bits per heavy atom. The molecule has 0 atom stereocenters. The Bertz CT molecular complexity index is 679. The van der Waals surface area contributed by atoms with Crippen LogP contribution >= 0.6 is 27.7 Å². The normalized spacial score (nSPS) is 11.7. The molecule has 3 N–H and O–H groups in total. The van der Waals surface area contributed by atoms with Crippen molar-refractivity contribution in [2.75, 3.05) is 0 Å². The quantitative estimate of drug-likeness (QED) is 0.377. The van der Waals surface area contributed by atoms with E-state index in [9.17, 15) is 8.78 Å². The van der Waals surface area contributed by atoms with Crippen molar-refractivity contribution in [1.29, 1.82) is 0 Å². The predicted molar refractivity (Wildman–Crippen MR) is 77.1 cm³/mol. The lowest BCUT2D eigenvalue weighted by Gasteiger charge is -2.07. The van der Waals surface area contributed by atoms with Gasteiger partial charge in [0.15, 0.2) is 5.84 Å². The minimum atomic E-state index is -0.499. The number of benzene rings is 2. The zero-order valence-corrected chi connectivity index (χ0v) is 12.4. The predicted octanol–water partition coefficient (Wildman–Crippen LogP) is 3.97. The van der Waals surface area contributed by atoms with Crippen molar-refractivity contribution in [3.8, 4) is 0 Å². The third kappa shape index (κ3) is 3.29. The molecule has 0 unspecified atom stereocenters. The van der Waals surface area contributed by atoms with Gasteiger partial charge < -0.3 is 10.9 Å². The fourth-order valence-electron chi connectivity index (χ4n) is 1.50. The summed E-state index contributed by atoms with van der Waals surface area (Å²) in [5.74, 6) is -1.03. The van der Waals surface area contributed by atoms with Crippen LogP contribution in [-0.2, 0) is 0 Å². The maximum Gasteiger partial charge on any atom is 0.171 e. The standard InChI is InChI=1S/C13H9BrF2N2OS/c14-10-6-8(2-3-9(10)13(17)18-19)20-12-5-7(15)1-4-11(12)16/h1-6,19H,(H2,17,18). The summed E-state index contributed by atoms with van der Waals surface area (Å²) < 4.78 is 27.2. The van der Waals surface area contributed by atoms with Crippen molar-refractivity contribution in [3.05, 3.63) is 58.1 Å². The zero-order chi connectivity index (χ0) is 14.7. The molecule has 0 heterocycles. The van der Waals surface area contributed by atoms with Crippen LogP contribution in [0.25, 0.3) is 0 Å². The van der Waals surface area contributed by atoms with Gasteiger partial charge in [-0.05, 0) is 52.3 Å². The van der Waals surface area contributed by atoms with Crippen molar-refractivity contribution in [2.24, 2.45) is 10.9 Å². The molecule has 0 aromatic heterocycles. The Balaban J connectivity index is 2.31. The van der Waals surface area contributed by atoms with E-state index in [2.05, 4.69) is 21.1 Å². The van der Waals surface area contributed by atoms with E-state index >= 15 is 0 Å². The van der Waals surface area contributed by atoms with Crippen LogP contribution < -0.4 is 5.73 Å². The van der Waals surface area contributed by atoms with Gasteiger partial charge in [-0.15, -0.1) is 0 Å². The molecule has 0 aliphatic rings. The van der Waals surface area contributed by atoms with Gasteiger partial charge in [0.1, 0.15) is 11.6 Å². The Morgan fingerprint density at radius 2 is 1.95 bits per heavy atom. The first-order valence-electron chi connectivity index (χ1n) is 5.41. The lowest BCUT2D eigenvalue weighted by molar-refractivity contribution is 0.318. The molecule has 0 amide bonds. The van der Waals surface area contributed by atoms with E-state index in [0.717, 1.165) is 30.0 Å². The van der Waals surface area contributed by atoms with Crippen molar-refractivity contribution >= 4 is 33.5 Å². The average molecular weight is 359 g/mol. The van der Waals surface area contributed by atoms with Gasteiger partial charge >= 0.3 is 0 Å². The van der Waals surface area contributed by atoms with Crippen molar-refractivity contribution in [3.63, 3.8) is 0 Å². The molecular weight excluding hydrogens is 350 g/mol. The number of nitrogens with two attached hydrogens (primary N) is 1. The molecule has 3 nitrogen and oxygen atoms in total. The third-order valence-corrected chi connectivity index (χ3v) is 4.12. The van der Waals surface area contributed by atoms with Gasteiger partial charge in [-0.3, -0.25) is 0 Å². The van der Waals surface area contributed by atoms with E-state index in [-0.39, 0.29) is 10.7 Å². The van der Waals surface area contributed by atoms with Gasteiger partial charge in [0.25, 0.3) is 0 Å². The fourth-order valence-corrected chi connectivity index (χ4v) is 3.14. The highest BCUT2D eigenvalue weighted by molar-refractivity contribution is 9.10. The largest absolute Gasteiger partial charge is 0.409 e. The van der Waals surface area contributed by atoms with Gasteiger partial charge in [0.2, 0.25) is 0 Å². The average Bonchev–Trinajstić information content (AvgIpc) is 2.42. The van der Waals surface area contributed by atoms with Crippen molar-refractivity contribution in [1.82, 2.24) is 0 Å². The molecule has 0 bridgehead atoms. The molecule has 2 rings (SSSR count). The van der Waals surface area contributed by atoms with Gasteiger partial charge in [-0.25, -0.2) is 8.78 Å². The minimum absolute atomic E-state index is 0.0367. The smallest absolute Gasteiger partial charge is 0.171 e. The van der Waals surface area contributed by atoms with Crippen LogP contribution in [0.15, 0.2) is 55.8 Å². The topological polar surface area (TPSA) is 58.6 Å². The fraction of sp³-hybridized carbons (Fsp3) is 0. The van der Waals surface area contributed by atoms with E-state index in [4.69, 9.17) is 10.9 Å². The molecular formula is C13H9BrF2N2OS. The summed E-state index contributed by atoms with van der Waals surface area (Å²) in [4.78, 5) is 0.879. The summed E-state index contributed by atoms with van der Waals surface area (Å²) >= 11 is 4.36. The highest BCUT2D eigenvalue weighted by Crippen LogP contribution is 2.32. The molecule has 0 aliphatic carbocycles. The SMILES string of the molecule is N/C(=N/O)c1ccc(Sc2cc(F)ccc2F)cc1Br. The molecule has 104 valence electrons. The minimum Gasteiger partial charge on any atom is -0.409 e. The first kappa shape index (κ1) is 14.8. The van der Waals surface area contributed by atoms with E-state index in [0.29, 0.717) is 14.9 Å². The first-order valence-corrected chi connectivity index (χ1v) is 7.02. The van der Waals surface area contributed by atoms with Crippen LogP contribution in [0.2, 0.25) is 0 Å². The number of rotatable bonds is 3. The Labute approximate surface area is 126 Å². The summed E-state index contributed by atoms with van der Waals surface area (Å²) in [6.07, 6.45) is 0. The maximum absolute atomic E-state index is 13.5. The molecule has 0 saturated carbocycles. The van der Waals surface area contributed by atoms with Crippen LogP contribution in [0.5, 0.6) is 0 Å². The second-order valence-corrected chi connectivity index (χ2v) is 5.77. The number of amidine groups is 1. The molecule has 0 fully saturated rings. The highest BCUT2D eigenvalue weighted by atomic mass is 79.9. The summed E-state index contributed by atoms with van der Waals surface area (Å²) in [6, 6.07) is 8.26. The molecule has 20 heavy (non-hydrogen) atoms. The second kappa shape index (κ2) is 6.23. The summed E-state index contributed by atoms with van der Waals surface area (Å²) in [5, 5.41) is 11.5. The molecule has 2 aromatic rings. The maximum atomic E-state index is 13.5. The van der Waals surface area contributed by atoms with E-state index < -0.39 is 11.6 Å². The van der Waals surface area contributed by atoms with E-state index in [1.807, 2.05) is 0 Å². The van der Waals surface area contributed by atoms with Crippen LogP contribution in [0.3, 0.4) is 0 Å². The van der Waals surface area contributed by atoms with Gasteiger partial charge in [0.05, 0.1) is 4.90 Å². The van der Waals surface area contributed by atoms with Gasteiger partial charge in [-0.1, -0.05) is 16.9 Å². The molecule has 2 aromatic carbocycles. The number of nitrogens with zero attached hydrogens (tertiary/aromatic N) is 1. The second-order valence-electron chi connectivity index (χ2n) is 3.80. The molecule has 7 heteroatoms. The van der Waals surface area contributed by atoms with Crippen LogP contribution in [0, 0.1) is 11.6 Å². The number of hydrogen-bond acceptors (Lipinski definition) is 3. The zero-order valence-electron chi connectivity index (χ0n) is 9.98. The van der Waals surface area contributed by atoms with Crippen LogP contribution in [0.1, 0.15) is 5.56 Å². The molecule has 0 radical (unpaired) electrons. The van der Waals surface area contributed by atoms with E-state index in [1.54, 1.807) is 18.2 Å². The number of halogens is 3. The first-order chi connectivity index (χ1) is 9.51. The van der Waals surface area contributed by atoms with Gasteiger partial charge in [-0.2, -0.15) is 0 Å². The van der Waals surface area contributed by atoms with Gasteiger partial charge in [0, 0.05) is 14.9 Å². The van der Waals surface area contributed by atoms with Crippen LogP contribution in [0.4, 0.5) is 8.78 Å². The Morgan fingerprint density at radius 3 is 2.60 bits per heavy atom.